The topological polar surface area (TPSA) is 32.3 Å². The summed E-state index contributed by atoms with van der Waals surface area (Å²) in [6.45, 7) is 6.43. The van der Waals surface area contributed by atoms with Crippen molar-refractivity contribution in [1.29, 1.82) is 0 Å². The molecule has 1 fully saturated rings. The lowest BCUT2D eigenvalue weighted by Crippen LogP contribution is -2.31. The minimum absolute atomic E-state index is 0. The van der Waals surface area contributed by atoms with Crippen molar-refractivity contribution in [2.24, 2.45) is 0 Å². The SMILES string of the molecule is CCN(CC)C(=O)c1cc(F)c(F)c(C2CCNCC2)c1.Cl. The van der Waals surface area contributed by atoms with Crippen molar-refractivity contribution in [1.82, 2.24) is 10.2 Å². The van der Waals surface area contributed by atoms with Crippen LogP contribution in [-0.2, 0) is 0 Å². The van der Waals surface area contributed by atoms with E-state index in [9.17, 15) is 13.6 Å². The second-order valence-corrected chi connectivity index (χ2v) is 5.36. The van der Waals surface area contributed by atoms with Gasteiger partial charge in [-0.05, 0) is 63.4 Å². The van der Waals surface area contributed by atoms with E-state index in [0.717, 1.165) is 32.0 Å². The molecular weight excluding hydrogens is 310 g/mol. The Morgan fingerprint density at radius 2 is 1.82 bits per heavy atom. The summed E-state index contributed by atoms with van der Waals surface area (Å²) in [5, 5.41) is 3.20. The van der Waals surface area contributed by atoms with Crippen LogP contribution < -0.4 is 5.32 Å². The van der Waals surface area contributed by atoms with E-state index in [0.29, 0.717) is 18.7 Å². The van der Waals surface area contributed by atoms with Crippen molar-refractivity contribution in [3.63, 3.8) is 0 Å². The number of carbonyl (C=O) groups is 1. The summed E-state index contributed by atoms with van der Waals surface area (Å²) in [6, 6.07) is 2.55. The first-order valence-electron chi connectivity index (χ1n) is 7.57. The maximum Gasteiger partial charge on any atom is 0.253 e. The Kier molecular flexibility index (Phi) is 7.23. The normalized spacial score (nSPS) is 15.3. The first-order chi connectivity index (χ1) is 10.1. The van der Waals surface area contributed by atoms with E-state index in [2.05, 4.69) is 5.32 Å². The molecule has 0 bridgehead atoms. The van der Waals surface area contributed by atoms with E-state index in [-0.39, 0.29) is 29.8 Å². The molecule has 3 nitrogen and oxygen atoms in total. The predicted octanol–water partition coefficient (Wildman–Crippen LogP) is 3.34. The van der Waals surface area contributed by atoms with Gasteiger partial charge < -0.3 is 10.2 Å². The van der Waals surface area contributed by atoms with E-state index >= 15 is 0 Å². The fraction of sp³-hybridized carbons (Fsp3) is 0.562. The van der Waals surface area contributed by atoms with Crippen LogP contribution in [0.3, 0.4) is 0 Å². The zero-order valence-electron chi connectivity index (χ0n) is 13.0. The van der Waals surface area contributed by atoms with Gasteiger partial charge in [0.2, 0.25) is 0 Å². The van der Waals surface area contributed by atoms with Gasteiger partial charge in [0.1, 0.15) is 0 Å². The van der Waals surface area contributed by atoms with Gasteiger partial charge in [0.25, 0.3) is 5.91 Å². The van der Waals surface area contributed by atoms with Gasteiger partial charge in [-0.3, -0.25) is 4.79 Å². The molecule has 0 spiro atoms. The molecule has 0 unspecified atom stereocenters. The fourth-order valence-electron chi connectivity index (χ4n) is 2.86. The molecule has 0 saturated carbocycles. The molecule has 0 radical (unpaired) electrons. The number of hydrogen-bond donors (Lipinski definition) is 1. The molecule has 0 aliphatic carbocycles. The highest BCUT2D eigenvalue weighted by molar-refractivity contribution is 5.94. The minimum Gasteiger partial charge on any atom is -0.339 e. The zero-order valence-corrected chi connectivity index (χ0v) is 13.8. The van der Waals surface area contributed by atoms with Crippen molar-refractivity contribution < 1.29 is 13.6 Å². The molecule has 1 heterocycles. The van der Waals surface area contributed by atoms with Gasteiger partial charge in [0.15, 0.2) is 11.6 Å². The molecular formula is C16H23ClF2N2O. The largest absolute Gasteiger partial charge is 0.339 e. The summed E-state index contributed by atoms with van der Waals surface area (Å²) < 4.78 is 27.9. The van der Waals surface area contributed by atoms with E-state index in [1.165, 1.54) is 6.07 Å². The van der Waals surface area contributed by atoms with Crippen molar-refractivity contribution in [2.45, 2.75) is 32.6 Å². The molecule has 0 aromatic heterocycles. The van der Waals surface area contributed by atoms with Crippen LogP contribution in [0.25, 0.3) is 0 Å². The Balaban J connectivity index is 0.00000242. The Bertz CT molecular complexity index is 515. The molecule has 22 heavy (non-hydrogen) atoms. The number of amides is 1. The first kappa shape index (κ1) is 18.8. The van der Waals surface area contributed by atoms with Gasteiger partial charge in [-0.2, -0.15) is 0 Å². The number of piperidine rings is 1. The number of halogens is 3. The van der Waals surface area contributed by atoms with Crippen LogP contribution in [0.5, 0.6) is 0 Å². The number of carbonyl (C=O) groups excluding carboxylic acids is 1. The molecule has 1 aliphatic rings. The second kappa shape index (κ2) is 8.44. The average molecular weight is 333 g/mol. The summed E-state index contributed by atoms with van der Waals surface area (Å²) in [6.07, 6.45) is 1.53. The highest BCUT2D eigenvalue weighted by Gasteiger charge is 2.24. The smallest absolute Gasteiger partial charge is 0.253 e. The lowest BCUT2D eigenvalue weighted by atomic mass is 9.88. The number of benzene rings is 1. The lowest BCUT2D eigenvalue weighted by molar-refractivity contribution is 0.0772. The average Bonchev–Trinajstić information content (AvgIpc) is 2.51. The number of nitrogens with one attached hydrogen (secondary N) is 1. The van der Waals surface area contributed by atoms with Gasteiger partial charge in [0.05, 0.1) is 0 Å². The molecule has 1 amide bonds. The standard InChI is InChI=1S/C16H22F2N2O.ClH/c1-3-20(4-2)16(21)12-9-13(15(18)14(17)10-12)11-5-7-19-8-6-11;/h9-11,19H,3-8H2,1-2H3;1H. The molecule has 1 aliphatic heterocycles. The number of rotatable bonds is 4. The summed E-state index contributed by atoms with van der Waals surface area (Å²) >= 11 is 0. The van der Waals surface area contributed by atoms with E-state index in [4.69, 9.17) is 0 Å². The minimum atomic E-state index is -0.929. The lowest BCUT2D eigenvalue weighted by Gasteiger charge is -2.25. The number of nitrogens with zero attached hydrogens (tertiary/aromatic N) is 1. The Hall–Kier alpha value is -1.20. The van der Waals surface area contributed by atoms with Gasteiger partial charge in [0, 0.05) is 18.7 Å². The van der Waals surface area contributed by atoms with Crippen LogP contribution >= 0.6 is 12.4 Å². The van der Waals surface area contributed by atoms with Gasteiger partial charge in [-0.25, -0.2) is 8.78 Å². The quantitative estimate of drug-likeness (QED) is 0.917. The third-order valence-corrected chi connectivity index (χ3v) is 4.13. The Labute approximate surface area is 136 Å². The van der Waals surface area contributed by atoms with Crippen molar-refractivity contribution >= 4 is 18.3 Å². The van der Waals surface area contributed by atoms with Crippen LogP contribution in [-0.4, -0.2) is 37.0 Å². The van der Waals surface area contributed by atoms with E-state index < -0.39 is 11.6 Å². The van der Waals surface area contributed by atoms with Crippen molar-refractivity contribution in [3.05, 3.63) is 34.9 Å². The monoisotopic (exact) mass is 332 g/mol. The van der Waals surface area contributed by atoms with Crippen LogP contribution in [0, 0.1) is 11.6 Å². The predicted molar refractivity (Wildman–Crippen MR) is 85.7 cm³/mol. The summed E-state index contributed by atoms with van der Waals surface area (Å²) in [7, 11) is 0. The molecule has 1 N–H and O–H groups in total. The van der Waals surface area contributed by atoms with Gasteiger partial charge in [-0.15, -0.1) is 12.4 Å². The van der Waals surface area contributed by atoms with Crippen molar-refractivity contribution in [2.75, 3.05) is 26.2 Å². The highest BCUT2D eigenvalue weighted by Crippen LogP contribution is 2.30. The van der Waals surface area contributed by atoms with Crippen molar-refractivity contribution in [3.8, 4) is 0 Å². The van der Waals surface area contributed by atoms with E-state index in [1.54, 1.807) is 4.90 Å². The molecule has 1 aromatic carbocycles. The van der Waals surface area contributed by atoms with Gasteiger partial charge >= 0.3 is 0 Å². The summed E-state index contributed by atoms with van der Waals surface area (Å²) in [4.78, 5) is 13.9. The Morgan fingerprint density at radius 3 is 2.36 bits per heavy atom. The third-order valence-electron chi connectivity index (χ3n) is 4.13. The zero-order chi connectivity index (χ0) is 15.4. The Morgan fingerprint density at radius 1 is 1.23 bits per heavy atom. The first-order valence-corrected chi connectivity index (χ1v) is 7.57. The third kappa shape index (κ3) is 3.96. The van der Waals surface area contributed by atoms with E-state index in [1.807, 2.05) is 13.8 Å². The molecule has 6 heteroatoms. The fourth-order valence-corrected chi connectivity index (χ4v) is 2.86. The highest BCUT2D eigenvalue weighted by atomic mass is 35.5. The maximum absolute atomic E-state index is 14.1. The maximum atomic E-state index is 14.1. The van der Waals surface area contributed by atoms with Crippen LogP contribution in [0.2, 0.25) is 0 Å². The summed E-state index contributed by atoms with van der Waals surface area (Å²) in [5.41, 5.74) is 0.582. The van der Waals surface area contributed by atoms with Crippen LogP contribution in [0.15, 0.2) is 12.1 Å². The number of hydrogen-bond acceptors (Lipinski definition) is 2. The van der Waals surface area contributed by atoms with Crippen LogP contribution in [0.4, 0.5) is 8.78 Å². The second-order valence-electron chi connectivity index (χ2n) is 5.36. The molecule has 1 saturated heterocycles. The molecule has 2 rings (SSSR count). The van der Waals surface area contributed by atoms with Gasteiger partial charge in [-0.1, -0.05) is 0 Å². The molecule has 0 atom stereocenters. The molecule has 1 aromatic rings. The molecule has 124 valence electrons. The summed E-state index contributed by atoms with van der Waals surface area (Å²) in [5.74, 6) is -2.00. The van der Waals surface area contributed by atoms with Crippen LogP contribution in [0.1, 0.15) is 48.5 Å².